The van der Waals surface area contributed by atoms with Crippen LogP contribution in [0.4, 0.5) is 0 Å². The van der Waals surface area contributed by atoms with E-state index in [2.05, 4.69) is 13.8 Å². The third-order valence-electron chi connectivity index (χ3n) is 2.64. The van der Waals surface area contributed by atoms with Crippen LogP contribution in [-0.4, -0.2) is 11.7 Å². The first-order chi connectivity index (χ1) is 7.54. The fourth-order valence-corrected chi connectivity index (χ4v) is 1.51. The van der Waals surface area contributed by atoms with Gasteiger partial charge in [0.2, 0.25) is 0 Å². The second-order valence-electron chi connectivity index (χ2n) is 4.18. The fraction of sp³-hybridized carbons (Fsp3) is 0.538. The molecule has 0 saturated carbocycles. The average molecular weight is 243 g/mol. The number of rotatable bonds is 5. The van der Waals surface area contributed by atoms with E-state index in [1.807, 2.05) is 6.07 Å². The summed E-state index contributed by atoms with van der Waals surface area (Å²) in [6, 6.07) is 5.34. The predicted octanol–water partition coefficient (Wildman–Crippen LogP) is 3.82. The first-order valence-corrected chi connectivity index (χ1v) is 6.02. The van der Waals surface area contributed by atoms with E-state index in [1.54, 1.807) is 19.1 Å². The number of aliphatic hydroxyl groups excluding tert-OH is 1. The van der Waals surface area contributed by atoms with E-state index in [1.165, 1.54) is 0 Å². The van der Waals surface area contributed by atoms with Crippen LogP contribution < -0.4 is 4.74 Å². The minimum absolute atomic E-state index is 0.512. The summed E-state index contributed by atoms with van der Waals surface area (Å²) in [6.07, 6.45) is 0.517. The van der Waals surface area contributed by atoms with Crippen LogP contribution in [-0.2, 0) is 0 Å². The van der Waals surface area contributed by atoms with Crippen LogP contribution in [0.2, 0.25) is 5.02 Å². The zero-order valence-corrected chi connectivity index (χ0v) is 10.8. The second-order valence-corrected chi connectivity index (χ2v) is 4.62. The number of halogens is 1. The molecule has 1 rings (SSSR count). The maximum atomic E-state index is 9.61. The van der Waals surface area contributed by atoms with Crippen LogP contribution in [0.5, 0.6) is 5.75 Å². The van der Waals surface area contributed by atoms with Crippen molar-refractivity contribution in [1.82, 2.24) is 0 Å². The Kier molecular flexibility index (Phi) is 5.10. The van der Waals surface area contributed by atoms with Crippen molar-refractivity contribution in [2.75, 3.05) is 6.61 Å². The standard InChI is InChI=1S/C13H19ClO2/c1-4-9(2)8-16-13-6-5-11(14)7-12(13)10(3)15/h5-7,9-10,15H,4,8H2,1-3H3/t9?,10-/m1/s1. The van der Waals surface area contributed by atoms with Crippen molar-refractivity contribution in [3.05, 3.63) is 28.8 Å². The van der Waals surface area contributed by atoms with Crippen molar-refractivity contribution < 1.29 is 9.84 Å². The van der Waals surface area contributed by atoms with Crippen molar-refractivity contribution >= 4 is 11.6 Å². The Bertz CT molecular complexity index is 337. The maximum absolute atomic E-state index is 9.61. The Morgan fingerprint density at radius 3 is 2.62 bits per heavy atom. The number of aliphatic hydroxyl groups is 1. The Morgan fingerprint density at radius 2 is 2.06 bits per heavy atom. The zero-order valence-electron chi connectivity index (χ0n) is 10.0. The molecule has 0 fully saturated rings. The number of hydrogen-bond donors (Lipinski definition) is 1. The highest BCUT2D eigenvalue weighted by Crippen LogP contribution is 2.28. The summed E-state index contributed by atoms with van der Waals surface area (Å²) < 4.78 is 5.69. The molecule has 0 aliphatic heterocycles. The topological polar surface area (TPSA) is 29.5 Å². The number of hydrogen-bond acceptors (Lipinski definition) is 2. The van der Waals surface area contributed by atoms with Crippen LogP contribution in [0.25, 0.3) is 0 Å². The normalized spacial score (nSPS) is 14.6. The zero-order chi connectivity index (χ0) is 12.1. The third kappa shape index (κ3) is 3.69. The molecule has 0 radical (unpaired) electrons. The predicted molar refractivity (Wildman–Crippen MR) is 67.0 cm³/mol. The lowest BCUT2D eigenvalue weighted by Gasteiger charge is -2.16. The van der Waals surface area contributed by atoms with Crippen LogP contribution in [0.15, 0.2) is 18.2 Å². The summed E-state index contributed by atoms with van der Waals surface area (Å²) in [5.41, 5.74) is 0.746. The smallest absolute Gasteiger partial charge is 0.125 e. The minimum atomic E-state index is -0.564. The minimum Gasteiger partial charge on any atom is -0.493 e. The molecule has 90 valence electrons. The van der Waals surface area contributed by atoms with Gasteiger partial charge in [-0.25, -0.2) is 0 Å². The van der Waals surface area contributed by atoms with E-state index in [4.69, 9.17) is 16.3 Å². The fourth-order valence-electron chi connectivity index (χ4n) is 1.33. The van der Waals surface area contributed by atoms with Gasteiger partial charge in [0.25, 0.3) is 0 Å². The molecule has 0 spiro atoms. The Labute approximate surface area is 102 Å². The van der Waals surface area contributed by atoms with Crippen LogP contribution in [0.1, 0.15) is 38.9 Å². The molecular formula is C13H19ClO2. The molecule has 1 aromatic carbocycles. The third-order valence-corrected chi connectivity index (χ3v) is 2.88. The molecule has 1 aromatic rings. The number of benzene rings is 1. The van der Waals surface area contributed by atoms with E-state index in [9.17, 15) is 5.11 Å². The van der Waals surface area contributed by atoms with Gasteiger partial charge in [-0.2, -0.15) is 0 Å². The molecule has 0 aliphatic rings. The highest BCUT2D eigenvalue weighted by molar-refractivity contribution is 6.30. The largest absolute Gasteiger partial charge is 0.493 e. The average Bonchev–Trinajstić information content (AvgIpc) is 2.26. The van der Waals surface area contributed by atoms with Crippen LogP contribution in [0, 0.1) is 5.92 Å². The molecule has 2 atom stereocenters. The van der Waals surface area contributed by atoms with Crippen molar-refractivity contribution in [3.63, 3.8) is 0 Å². The molecule has 16 heavy (non-hydrogen) atoms. The van der Waals surface area contributed by atoms with Gasteiger partial charge in [0.1, 0.15) is 5.75 Å². The first kappa shape index (κ1) is 13.3. The quantitative estimate of drug-likeness (QED) is 0.851. The van der Waals surface area contributed by atoms with Gasteiger partial charge < -0.3 is 9.84 Å². The Morgan fingerprint density at radius 1 is 1.38 bits per heavy atom. The van der Waals surface area contributed by atoms with Crippen molar-refractivity contribution in [2.45, 2.75) is 33.3 Å². The van der Waals surface area contributed by atoms with E-state index in [0.29, 0.717) is 17.5 Å². The van der Waals surface area contributed by atoms with Crippen molar-refractivity contribution in [3.8, 4) is 5.75 Å². The second kappa shape index (κ2) is 6.12. The van der Waals surface area contributed by atoms with E-state index in [0.717, 1.165) is 17.7 Å². The van der Waals surface area contributed by atoms with Gasteiger partial charge in [-0.15, -0.1) is 0 Å². The maximum Gasteiger partial charge on any atom is 0.125 e. The highest BCUT2D eigenvalue weighted by atomic mass is 35.5. The monoisotopic (exact) mass is 242 g/mol. The summed E-state index contributed by atoms with van der Waals surface area (Å²) in [5.74, 6) is 1.23. The molecule has 1 N–H and O–H groups in total. The summed E-state index contributed by atoms with van der Waals surface area (Å²) in [7, 11) is 0. The van der Waals surface area contributed by atoms with Crippen molar-refractivity contribution in [1.29, 1.82) is 0 Å². The van der Waals surface area contributed by atoms with E-state index >= 15 is 0 Å². The molecule has 0 aliphatic carbocycles. The molecule has 0 aromatic heterocycles. The van der Waals surface area contributed by atoms with Crippen molar-refractivity contribution in [2.24, 2.45) is 5.92 Å². The van der Waals surface area contributed by atoms with Crippen LogP contribution >= 0.6 is 11.6 Å². The van der Waals surface area contributed by atoms with Gasteiger partial charge in [-0.3, -0.25) is 0 Å². The molecule has 3 heteroatoms. The van der Waals surface area contributed by atoms with Gasteiger partial charge in [0.05, 0.1) is 12.7 Å². The van der Waals surface area contributed by atoms with E-state index in [-0.39, 0.29) is 0 Å². The molecule has 0 saturated heterocycles. The number of ether oxygens (including phenoxy) is 1. The lowest BCUT2D eigenvalue weighted by Crippen LogP contribution is -2.09. The summed E-state index contributed by atoms with van der Waals surface area (Å²) in [6.45, 7) is 6.64. The van der Waals surface area contributed by atoms with Gasteiger partial charge in [-0.1, -0.05) is 31.9 Å². The summed E-state index contributed by atoms with van der Waals surface area (Å²) in [4.78, 5) is 0. The lowest BCUT2D eigenvalue weighted by molar-refractivity contribution is 0.186. The van der Waals surface area contributed by atoms with Gasteiger partial charge >= 0.3 is 0 Å². The SMILES string of the molecule is CCC(C)COc1ccc(Cl)cc1[C@@H](C)O. The van der Waals surface area contributed by atoms with Gasteiger partial charge in [-0.05, 0) is 31.0 Å². The Balaban J connectivity index is 2.78. The molecule has 2 nitrogen and oxygen atoms in total. The molecular weight excluding hydrogens is 224 g/mol. The van der Waals surface area contributed by atoms with Crippen LogP contribution in [0.3, 0.4) is 0 Å². The summed E-state index contributed by atoms with van der Waals surface area (Å²) in [5, 5.41) is 10.2. The van der Waals surface area contributed by atoms with Gasteiger partial charge in [0.15, 0.2) is 0 Å². The van der Waals surface area contributed by atoms with E-state index < -0.39 is 6.10 Å². The molecule has 0 bridgehead atoms. The summed E-state index contributed by atoms with van der Waals surface area (Å²) >= 11 is 5.88. The first-order valence-electron chi connectivity index (χ1n) is 5.64. The lowest BCUT2D eigenvalue weighted by atomic mass is 10.1. The molecule has 0 amide bonds. The molecule has 1 unspecified atom stereocenters. The molecule has 0 heterocycles. The Hall–Kier alpha value is -0.730. The highest BCUT2D eigenvalue weighted by Gasteiger charge is 2.10. The van der Waals surface area contributed by atoms with Gasteiger partial charge in [0, 0.05) is 10.6 Å².